The predicted octanol–water partition coefficient (Wildman–Crippen LogP) is 4.87. The molecule has 0 atom stereocenters. The van der Waals surface area contributed by atoms with Crippen LogP contribution >= 0.6 is 0 Å². The van der Waals surface area contributed by atoms with Gasteiger partial charge in [-0.25, -0.2) is 0 Å². The molecule has 0 aliphatic carbocycles. The third-order valence-corrected chi connectivity index (χ3v) is 5.90. The van der Waals surface area contributed by atoms with Crippen molar-refractivity contribution in [2.75, 3.05) is 20.2 Å². The van der Waals surface area contributed by atoms with Gasteiger partial charge in [-0.3, -0.25) is 9.69 Å². The first-order valence-electron chi connectivity index (χ1n) is 10.4. The number of carbonyl (C=O) groups excluding carboxylic acids is 1. The highest BCUT2D eigenvalue weighted by Gasteiger charge is 2.26. The lowest BCUT2D eigenvalue weighted by molar-refractivity contribution is 0.101. The highest BCUT2D eigenvalue weighted by molar-refractivity contribution is 6.02. The van der Waals surface area contributed by atoms with Crippen LogP contribution in [-0.4, -0.2) is 36.0 Å². The Bertz CT molecular complexity index is 1060. The topological polar surface area (TPSA) is 49.8 Å². The summed E-state index contributed by atoms with van der Waals surface area (Å²) in [6.07, 6.45) is 1.87. The van der Waals surface area contributed by atoms with E-state index in [0.29, 0.717) is 11.3 Å². The van der Waals surface area contributed by atoms with Gasteiger partial charge in [0.25, 0.3) is 0 Å². The second-order valence-electron chi connectivity index (χ2n) is 7.80. The summed E-state index contributed by atoms with van der Waals surface area (Å²) in [5.74, 6) is 0.549. The lowest BCUT2D eigenvalue weighted by Crippen LogP contribution is -2.32. The average Bonchev–Trinajstić information content (AvgIpc) is 2.78. The molecule has 3 aromatic rings. The number of Topliss-reactive ketones (excluding diaryl/α,β-unsaturated/α-hetero) is 1. The smallest absolute Gasteiger partial charge is 0.166 e. The van der Waals surface area contributed by atoms with E-state index in [0.717, 1.165) is 49.2 Å². The molecule has 30 heavy (non-hydrogen) atoms. The van der Waals surface area contributed by atoms with Gasteiger partial charge in [-0.2, -0.15) is 0 Å². The first-order valence-corrected chi connectivity index (χ1v) is 10.4. The fourth-order valence-corrected chi connectivity index (χ4v) is 4.30. The van der Waals surface area contributed by atoms with Crippen LogP contribution in [0.15, 0.2) is 60.7 Å². The van der Waals surface area contributed by atoms with Crippen molar-refractivity contribution in [3.05, 3.63) is 82.9 Å². The summed E-state index contributed by atoms with van der Waals surface area (Å²) < 4.78 is 5.46. The molecule has 4 rings (SSSR count). The number of hydrogen-bond acceptors (Lipinski definition) is 4. The van der Waals surface area contributed by atoms with Crippen molar-refractivity contribution in [1.29, 1.82) is 0 Å². The van der Waals surface area contributed by atoms with Gasteiger partial charge in [0.1, 0.15) is 0 Å². The monoisotopic (exact) mass is 401 g/mol. The number of rotatable bonds is 6. The van der Waals surface area contributed by atoms with E-state index in [1.165, 1.54) is 11.1 Å². The van der Waals surface area contributed by atoms with Crippen molar-refractivity contribution in [3.63, 3.8) is 0 Å². The average molecular weight is 402 g/mol. The van der Waals surface area contributed by atoms with Crippen molar-refractivity contribution < 1.29 is 14.6 Å². The molecular formula is C26H27NO3. The largest absolute Gasteiger partial charge is 0.504 e. The van der Waals surface area contributed by atoms with Crippen LogP contribution in [0.2, 0.25) is 0 Å². The maximum Gasteiger partial charge on any atom is 0.166 e. The van der Waals surface area contributed by atoms with Gasteiger partial charge in [0, 0.05) is 30.8 Å². The maximum atomic E-state index is 12.3. The van der Waals surface area contributed by atoms with E-state index in [9.17, 15) is 9.90 Å². The Balaban J connectivity index is 1.72. The molecule has 0 fully saturated rings. The molecule has 0 radical (unpaired) electrons. The first-order chi connectivity index (χ1) is 14.6. The molecule has 1 heterocycles. The lowest BCUT2D eigenvalue weighted by Gasteiger charge is -2.31. The van der Waals surface area contributed by atoms with Crippen molar-refractivity contribution in [2.24, 2.45) is 0 Å². The molecule has 1 aliphatic rings. The molecule has 4 nitrogen and oxygen atoms in total. The first kappa shape index (κ1) is 20.2. The number of fused-ring (bicyclic) bond motifs is 1. The van der Waals surface area contributed by atoms with Gasteiger partial charge in [-0.15, -0.1) is 0 Å². The fraction of sp³-hybridized carbons (Fsp3) is 0.269. The second-order valence-corrected chi connectivity index (χ2v) is 7.80. The molecule has 0 saturated carbocycles. The third kappa shape index (κ3) is 3.96. The van der Waals surface area contributed by atoms with Crippen LogP contribution < -0.4 is 4.74 Å². The maximum absolute atomic E-state index is 12.3. The number of benzene rings is 3. The highest BCUT2D eigenvalue weighted by atomic mass is 16.5. The second kappa shape index (κ2) is 8.72. The number of carbonyl (C=O) groups is 1. The Hall–Kier alpha value is -3.11. The van der Waals surface area contributed by atoms with E-state index in [2.05, 4.69) is 29.2 Å². The Morgan fingerprint density at radius 3 is 2.57 bits per heavy atom. The van der Waals surface area contributed by atoms with Gasteiger partial charge in [0.15, 0.2) is 17.3 Å². The summed E-state index contributed by atoms with van der Waals surface area (Å²) in [6.45, 7) is 4.21. The molecule has 154 valence electrons. The molecule has 1 aliphatic heterocycles. The minimum absolute atomic E-state index is 0.0155. The summed E-state index contributed by atoms with van der Waals surface area (Å²) in [5, 5.41) is 11.0. The molecule has 0 aromatic heterocycles. The summed E-state index contributed by atoms with van der Waals surface area (Å²) in [5.41, 5.74) is 5.69. The quantitative estimate of drug-likeness (QED) is 0.599. The predicted molar refractivity (Wildman–Crippen MR) is 119 cm³/mol. The van der Waals surface area contributed by atoms with E-state index < -0.39 is 0 Å². The summed E-state index contributed by atoms with van der Waals surface area (Å²) >= 11 is 0. The molecule has 3 aromatic carbocycles. The van der Waals surface area contributed by atoms with Crippen LogP contribution in [0.25, 0.3) is 11.1 Å². The minimum atomic E-state index is -0.0155. The van der Waals surface area contributed by atoms with Crippen LogP contribution in [0.1, 0.15) is 34.0 Å². The van der Waals surface area contributed by atoms with Crippen molar-refractivity contribution in [3.8, 4) is 22.6 Å². The summed E-state index contributed by atoms with van der Waals surface area (Å²) in [6, 6.07) is 19.9. The van der Waals surface area contributed by atoms with Gasteiger partial charge in [0.2, 0.25) is 0 Å². The van der Waals surface area contributed by atoms with Crippen molar-refractivity contribution >= 4 is 5.78 Å². The fourth-order valence-electron chi connectivity index (χ4n) is 4.30. The number of ketones is 1. The molecule has 4 heteroatoms. The lowest BCUT2D eigenvalue weighted by atomic mass is 9.87. The van der Waals surface area contributed by atoms with E-state index >= 15 is 0 Å². The number of ether oxygens (including phenoxy) is 1. The minimum Gasteiger partial charge on any atom is -0.504 e. The van der Waals surface area contributed by atoms with Gasteiger partial charge in [-0.1, -0.05) is 54.6 Å². The van der Waals surface area contributed by atoms with Crippen LogP contribution in [0, 0.1) is 0 Å². The molecule has 0 amide bonds. The van der Waals surface area contributed by atoms with E-state index in [-0.39, 0.29) is 11.5 Å². The van der Waals surface area contributed by atoms with E-state index in [1.807, 2.05) is 36.4 Å². The molecule has 0 bridgehead atoms. The Morgan fingerprint density at radius 2 is 1.83 bits per heavy atom. The standard InChI is InChI=1S/C26H27NO3/c1-18(28)21-10-6-7-11-22(21)25-23-17-27(14-12-19-8-4-3-5-9-19)15-13-20(23)16-24(30-2)26(25)29/h3-11,16,29H,12-15,17H2,1-2H3. The SMILES string of the molecule is COc1cc2c(c(-c3ccccc3C(C)=O)c1O)CN(CCc1ccccc1)CC2. The number of phenolic OH excluding ortho intramolecular Hbond substituents is 1. The van der Waals surface area contributed by atoms with Gasteiger partial charge >= 0.3 is 0 Å². The molecule has 0 spiro atoms. The van der Waals surface area contributed by atoms with Crippen LogP contribution in [-0.2, 0) is 19.4 Å². The zero-order valence-electron chi connectivity index (χ0n) is 17.5. The Kier molecular flexibility index (Phi) is 5.86. The third-order valence-electron chi connectivity index (χ3n) is 5.90. The van der Waals surface area contributed by atoms with Crippen molar-refractivity contribution in [1.82, 2.24) is 4.90 Å². The van der Waals surface area contributed by atoms with E-state index in [1.54, 1.807) is 14.0 Å². The number of methoxy groups -OCH3 is 1. The molecule has 1 N–H and O–H groups in total. The normalized spacial score (nSPS) is 13.7. The molecule has 0 saturated heterocycles. The Morgan fingerprint density at radius 1 is 1.10 bits per heavy atom. The number of aromatic hydroxyl groups is 1. The van der Waals surface area contributed by atoms with Gasteiger partial charge in [0.05, 0.1) is 7.11 Å². The summed E-state index contributed by atoms with van der Waals surface area (Å²) in [4.78, 5) is 14.7. The van der Waals surface area contributed by atoms with Gasteiger partial charge < -0.3 is 9.84 Å². The van der Waals surface area contributed by atoms with E-state index in [4.69, 9.17) is 4.74 Å². The summed E-state index contributed by atoms with van der Waals surface area (Å²) in [7, 11) is 1.57. The number of nitrogens with zero attached hydrogens (tertiary/aromatic N) is 1. The number of phenols is 1. The van der Waals surface area contributed by atoms with Crippen molar-refractivity contribution in [2.45, 2.75) is 26.3 Å². The van der Waals surface area contributed by atoms with Gasteiger partial charge in [-0.05, 0) is 48.1 Å². The number of hydrogen-bond donors (Lipinski definition) is 1. The van der Waals surface area contributed by atoms with Crippen LogP contribution in [0.3, 0.4) is 0 Å². The van der Waals surface area contributed by atoms with Crippen LogP contribution in [0.5, 0.6) is 11.5 Å². The molecular weight excluding hydrogens is 374 g/mol. The zero-order valence-corrected chi connectivity index (χ0v) is 17.5. The zero-order chi connectivity index (χ0) is 21.1. The van der Waals surface area contributed by atoms with Crippen LogP contribution in [0.4, 0.5) is 0 Å². The Labute approximate surface area is 177 Å². The highest BCUT2D eigenvalue weighted by Crippen LogP contribution is 2.44. The molecule has 0 unspecified atom stereocenters.